The van der Waals surface area contributed by atoms with E-state index in [2.05, 4.69) is 5.32 Å². The first-order valence-corrected chi connectivity index (χ1v) is 9.55. The molecule has 0 bridgehead atoms. The summed E-state index contributed by atoms with van der Waals surface area (Å²) in [4.78, 5) is 50.3. The first-order valence-electron chi connectivity index (χ1n) is 9.55. The number of nitrogens with one attached hydrogen (secondary N) is 2. The molecule has 1 fully saturated rings. The van der Waals surface area contributed by atoms with Gasteiger partial charge in [-0.25, -0.2) is 9.80 Å². The zero-order chi connectivity index (χ0) is 23.7. The molecule has 31 heavy (non-hydrogen) atoms. The number of nitrogens with zero attached hydrogens (tertiary/aromatic N) is 2. The molecule has 168 valence electrons. The van der Waals surface area contributed by atoms with Gasteiger partial charge in [0, 0.05) is 12.5 Å². The average molecular weight is 432 g/mol. The number of benzene rings is 1. The molecule has 6 N–H and O–H groups in total. The molecule has 0 spiro atoms. The Bertz CT molecular complexity index is 923. The number of carbonyl (C=O) groups is 4. The Morgan fingerprint density at radius 3 is 2.26 bits per heavy atom. The third-order valence-electron chi connectivity index (χ3n) is 4.63. The van der Waals surface area contributed by atoms with Crippen LogP contribution in [0.2, 0.25) is 0 Å². The first-order chi connectivity index (χ1) is 14.2. The molecule has 1 saturated heterocycles. The highest BCUT2D eigenvalue weighted by molar-refractivity contribution is 6.08. The number of imide groups is 1. The van der Waals surface area contributed by atoms with Crippen LogP contribution in [0.25, 0.3) is 0 Å². The third kappa shape index (κ3) is 5.00. The fourth-order valence-electron chi connectivity index (χ4n) is 3.01. The van der Waals surface area contributed by atoms with Crippen molar-refractivity contribution in [3.63, 3.8) is 0 Å². The highest BCUT2D eigenvalue weighted by atomic mass is 16.6. The molecule has 0 aromatic heterocycles. The van der Waals surface area contributed by atoms with Crippen molar-refractivity contribution in [2.24, 2.45) is 11.5 Å². The van der Waals surface area contributed by atoms with E-state index in [-0.39, 0.29) is 5.84 Å². The molecule has 11 heteroatoms. The van der Waals surface area contributed by atoms with E-state index in [0.29, 0.717) is 16.1 Å². The van der Waals surface area contributed by atoms with Crippen LogP contribution in [-0.4, -0.2) is 57.9 Å². The van der Waals surface area contributed by atoms with E-state index in [4.69, 9.17) is 21.6 Å². The largest absolute Gasteiger partial charge is 0.459 e. The summed E-state index contributed by atoms with van der Waals surface area (Å²) in [5.74, 6) is -2.29. The monoisotopic (exact) mass is 432 g/mol. The molecule has 2 rings (SSSR count). The van der Waals surface area contributed by atoms with E-state index in [1.165, 1.54) is 6.92 Å². The summed E-state index contributed by atoms with van der Waals surface area (Å²) in [5.41, 5.74) is 9.94. The van der Waals surface area contributed by atoms with Crippen LogP contribution in [0.1, 0.15) is 45.7 Å². The lowest BCUT2D eigenvalue weighted by molar-refractivity contribution is -0.163. The smallest absolute Gasteiger partial charge is 0.344 e. The van der Waals surface area contributed by atoms with Crippen LogP contribution < -0.4 is 16.8 Å². The van der Waals surface area contributed by atoms with Gasteiger partial charge < -0.3 is 21.5 Å². The quantitative estimate of drug-likeness (QED) is 0.215. The molecule has 0 aliphatic carbocycles. The second-order valence-corrected chi connectivity index (χ2v) is 8.40. The zero-order valence-corrected chi connectivity index (χ0v) is 18.2. The molecule has 4 amide bonds. The van der Waals surface area contributed by atoms with Crippen LogP contribution in [-0.2, 0) is 24.7 Å². The van der Waals surface area contributed by atoms with E-state index >= 15 is 0 Å². The second-order valence-electron chi connectivity index (χ2n) is 8.40. The Labute approximate surface area is 180 Å². The van der Waals surface area contributed by atoms with Crippen molar-refractivity contribution in [1.29, 1.82) is 5.41 Å². The van der Waals surface area contributed by atoms with Gasteiger partial charge in [0.1, 0.15) is 23.0 Å². The minimum Gasteiger partial charge on any atom is -0.459 e. The normalized spacial score (nSPS) is 19.6. The Hall–Kier alpha value is -3.47. The first kappa shape index (κ1) is 23.8. The number of esters is 1. The van der Waals surface area contributed by atoms with Crippen LogP contribution in [0.15, 0.2) is 24.3 Å². The molecule has 1 aromatic carbocycles. The van der Waals surface area contributed by atoms with Gasteiger partial charge in [0.15, 0.2) is 0 Å². The number of carbonyl (C=O) groups excluding carboxylic acids is 4. The van der Waals surface area contributed by atoms with Gasteiger partial charge in [0.05, 0.1) is 6.54 Å². The van der Waals surface area contributed by atoms with Crippen LogP contribution in [0.4, 0.5) is 4.79 Å². The summed E-state index contributed by atoms with van der Waals surface area (Å²) >= 11 is 0. The number of hydrogen-bond donors (Lipinski definition) is 4. The molecule has 1 unspecified atom stereocenters. The van der Waals surface area contributed by atoms with Gasteiger partial charge in [-0.1, -0.05) is 24.3 Å². The fraction of sp³-hybridized carbons (Fsp3) is 0.450. The summed E-state index contributed by atoms with van der Waals surface area (Å²) in [5, 5.41) is 11.5. The molecule has 1 heterocycles. The maximum Gasteiger partial charge on any atom is 0.344 e. The topological polar surface area (TPSA) is 172 Å². The lowest BCUT2D eigenvalue weighted by Crippen LogP contribution is -2.56. The van der Waals surface area contributed by atoms with Gasteiger partial charge >= 0.3 is 12.0 Å². The van der Waals surface area contributed by atoms with Gasteiger partial charge in [0.2, 0.25) is 5.91 Å². The average Bonchev–Trinajstić information content (AvgIpc) is 2.87. The Balaban J connectivity index is 2.30. The fourth-order valence-corrected chi connectivity index (χ4v) is 3.01. The standard InChI is InChI=1S/C20H28N6O5/c1-11(27)25(10-14(21)16(28)31-19(2,3)4)26-17(29)20(5,24-18(26)30)13-8-6-12(7-9-13)15(22)23/h6-9,14H,10,21H2,1-5H3,(H3,22,23)(H,24,30)/t14?,20-/m0/s1. The number of amides is 4. The second kappa shape index (κ2) is 8.34. The molecule has 2 atom stereocenters. The van der Waals surface area contributed by atoms with Crippen molar-refractivity contribution in [3.8, 4) is 0 Å². The molecule has 1 aliphatic heterocycles. The van der Waals surface area contributed by atoms with Crippen LogP contribution >= 0.6 is 0 Å². The Morgan fingerprint density at radius 2 is 1.81 bits per heavy atom. The number of hydrazine groups is 1. The van der Waals surface area contributed by atoms with Crippen LogP contribution in [0, 0.1) is 5.41 Å². The molecule has 0 saturated carbocycles. The number of urea groups is 1. The number of hydrogen-bond acceptors (Lipinski definition) is 7. The van der Waals surface area contributed by atoms with Crippen molar-refractivity contribution in [3.05, 3.63) is 35.4 Å². The Kier molecular flexibility index (Phi) is 6.41. The summed E-state index contributed by atoms with van der Waals surface area (Å²) < 4.78 is 5.20. The number of ether oxygens (including phenoxy) is 1. The van der Waals surface area contributed by atoms with Crippen molar-refractivity contribution in [2.75, 3.05) is 6.54 Å². The van der Waals surface area contributed by atoms with Crippen LogP contribution in [0.3, 0.4) is 0 Å². The van der Waals surface area contributed by atoms with E-state index in [1.807, 2.05) is 0 Å². The van der Waals surface area contributed by atoms with Crippen molar-refractivity contribution < 1.29 is 23.9 Å². The zero-order valence-electron chi connectivity index (χ0n) is 18.2. The summed E-state index contributed by atoms with van der Waals surface area (Å²) in [6.07, 6.45) is 0. The van der Waals surface area contributed by atoms with E-state index in [0.717, 1.165) is 11.9 Å². The molecule has 1 aliphatic rings. The molecule has 1 aromatic rings. The predicted octanol–water partition coefficient (Wildman–Crippen LogP) is 0.170. The number of nitrogen functional groups attached to an aromatic ring is 1. The predicted molar refractivity (Wildman–Crippen MR) is 111 cm³/mol. The lowest BCUT2D eigenvalue weighted by atomic mass is 9.91. The summed E-state index contributed by atoms with van der Waals surface area (Å²) in [6.45, 7) is 7.21. The SMILES string of the molecule is CC(=O)N(CC(N)C(=O)OC(C)(C)C)N1C(=O)N[C@@](C)(c2ccc(C(=N)N)cc2)C1=O. The van der Waals surface area contributed by atoms with Gasteiger partial charge in [0.25, 0.3) is 5.91 Å². The summed E-state index contributed by atoms with van der Waals surface area (Å²) in [7, 11) is 0. The van der Waals surface area contributed by atoms with Gasteiger partial charge in [-0.3, -0.25) is 19.8 Å². The highest BCUT2D eigenvalue weighted by Crippen LogP contribution is 2.30. The van der Waals surface area contributed by atoms with Gasteiger partial charge in [-0.05, 0) is 33.3 Å². The van der Waals surface area contributed by atoms with Crippen molar-refractivity contribution >= 4 is 29.7 Å². The maximum absolute atomic E-state index is 13.2. The number of amidine groups is 1. The molecular weight excluding hydrogens is 404 g/mol. The van der Waals surface area contributed by atoms with Gasteiger partial charge in [-0.15, -0.1) is 0 Å². The number of nitrogens with two attached hydrogens (primary N) is 2. The van der Waals surface area contributed by atoms with Crippen LogP contribution in [0.5, 0.6) is 0 Å². The van der Waals surface area contributed by atoms with E-state index in [1.54, 1.807) is 45.0 Å². The lowest BCUT2D eigenvalue weighted by Gasteiger charge is -2.31. The van der Waals surface area contributed by atoms with E-state index in [9.17, 15) is 19.2 Å². The minimum atomic E-state index is -1.48. The van der Waals surface area contributed by atoms with Crippen molar-refractivity contribution in [1.82, 2.24) is 15.3 Å². The molecular formula is C20H28N6O5. The minimum absolute atomic E-state index is 0.140. The maximum atomic E-state index is 13.2. The molecule has 0 radical (unpaired) electrons. The Morgan fingerprint density at radius 1 is 1.26 bits per heavy atom. The van der Waals surface area contributed by atoms with Gasteiger partial charge in [-0.2, -0.15) is 5.01 Å². The third-order valence-corrected chi connectivity index (χ3v) is 4.63. The highest BCUT2D eigenvalue weighted by Gasteiger charge is 2.52. The van der Waals surface area contributed by atoms with E-state index < -0.39 is 47.5 Å². The summed E-state index contributed by atoms with van der Waals surface area (Å²) in [6, 6.07) is 4.10. The van der Waals surface area contributed by atoms with Crippen molar-refractivity contribution in [2.45, 2.75) is 51.8 Å². The number of rotatable bonds is 6. The molecule has 11 nitrogen and oxygen atoms in total.